The number of aromatic nitrogens is 2. The van der Waals surface area contributed by atoms with E-state index in [0.29, 0.717) is 17.9 Å². The summed E-state index contributed by atoms with van der Waals surface area (Å²) in [6, 6.07) is 2.17. The summed E-state index contributed by atoms with van der Waals surface area (Å²) in [7, 11) is 1.81. The molecule has 104 valence electrons. The number of nitrogens with one attached hydrogen (secondary N) is 1. The van der Waals surface area contributed by atoms with Gasteiger partial charge in [-0.15, -0.1) is 0 Å². The number of aliphatic hydroxyl groups is 1. The van der Waals surface area contributed by atoms with Crippen LogP contribution in [0.4, 0.5) is 5.82 Å². The van der Waals surface area contributed by atoms with Gasteiger partial charge in [-0.25, -0.2) is 0 Å². The molecule has 1 fully saturated rings. The molecule has 19 heavy (non-hydrogen) atoms. The average Bonchev–Trinajstić information content (AvgIpc) is 2.53. The van der Waals surface area contributed by atoms with Crippen molar-refractivity contribution in [2.75, 3.05) is 11.9 Å². The van der Waals surface area contributed by atoms with Crippen LogP contribution in [0, 0.1) is 18.3 Å². The standard InChI is InChI=1S/C14H22N4O/c1-11-12(9-15)13(18(2)17-11)16-10-14(19)7-5-3-4-6-8-14/h16,19H,3-8,10H2,1-2H3. The summed E-state index contributed by atoms with van der Waals surface area (Å²) in [5.41, 5.74) is 0.640. The third kappa shape index (κ3) is 3.07. The smallest absolute Gasteiger partial charge is 0.142 e. The second kappa shape index (κ2) is 5.62. The van der Waals surface area contributed by atoms with Crippen LogP contribution in [0.15, 0.2) is 0 Å². The topological polar surface area (TPSA) is 73.9 Å². The van der Waals surface area contributed by atoms with E-state index < -0.39 is 5.60 Å². The monoisotopic (exact) mass is 262 g/mol. The van der Waals surface area contributed by atoms with Gasteiger partial charge >= 0.3 is 0 Å². The zero-order valence-electron chi connectivity index (χ0n) is 11.7. The number of rotatable bonds is 3. The summed E-state index contributed by atoms with van der Waals surface area (Å²) >= 11 is 0. The lowest BCUT2D eigenvalue weighted by atomic mass is 9.94. The van der Waals surface area contributed by atoms with Crippen molar-refractivity contribution in [3.05, 3.63) is 11.3 Å². The van der Waals surface area contributed by atoms with Gasteiger partial charge in [0, 0.05) is 13.6 Å². The third-order valence-corrected chi connectivity index (χ3v) is 3.95. The first-order chi connectivity index (χ1) is 9.06. The molecule has 0 atom stereocenters. The van der Waals surface area contributed by atoms with Crippen LogP contribution in [0.3, 0.4) is 0 Å². The summed E-state index contributed by atoms with van der Waals surface area (Å²) in [5.74, 6) is 0.706. The highest BCUT2D eigenvalue weighted by atomic mass is 16.3. The molecule has 0 aliphatic heterocycles. The number of aryl methyl sites for hydroxylation is 2. The molecule has 0 amide bonds. The largest absolute Gasteiger partial charge is 0.388 e. The molecule has 5 heteroatoms. The third-order valence-electron chi connectivity index (χ3n) is 3.95. The van der Waals surface area contributed by atoms with Crippen LogP contribution in [0.5, 0.6) is 0 Å². The molecular weight excluding hydrogens is 240 g/mol. The summed E-state index contributed by atoms with van der Waals surface area (Å²) in [6.45, 7) is 2.31. The minimum Gasteiger partial charge on any atom is -0.388 e. The fourth-order valence-electron chi connectivity index (χ4n) is 2.81. The van der Waals surface area contributed by atoms with E-state index in [2.05, 4.69) is 16.5 Å². The minimum absolute atomic E-state index is 0.487. The van der Waals surface area contributed by atoms with Crippen molar-refractivity contribution in [3.8, 4) is 6.07 Å². The Labute approximate surface area is 114 Å². The highest BCUT2D eigenvalue weighted by Crippen LogP contribution is 2.28. The van der Waals surface area contributed by atoms with E-state index >= 15 is 0 Å². The van der Waals surface area contributed by atoms with E-state index in [1.54, 1.807) is 4.68 Å². The maximum absolute atomic E-state index is 10.6. The van der Waals surface area contributed by atoms with Crippen LogP contribution in [0.1, 0.15) is 49.8 Å². The lowest BCUT2D eigenvalue weighted by molar-refractivity contribution is 0.0380. The minimum atomic E-state index is -0.651. The van der Waals surface area contributed by atoms with Gasteiger partial charge in [-0.05, 0) is 19.8 Å². The molecule has 0 aromatic carbocycles. The molecule has 0 unspecified atom stereocenters. The van der Waals surface area contributed by atoms with Crippen LogP contribution in [-0.2, 0) is 7.05 Å². The van der Waals surface area contributed by atoms with Crippen molar-refractivity contribution in [1.82, 2.24) is 9.78 Å². The van der Waals surface area contributed by atoms with Crippen molar-refractivity contribution < 1.29 is 5.11 Å². The molecule has 1 heterocycles. The summed E-state index contributed by atoms with van der Waals surface area (Å²) in [5, 5.41) is 27.2. The van der Waals surface area contributed by atoms with E-state index in [4.69, 9.17) is 5.26 Å². The molecule has 0 bridgehead atoms. The van der Waals surface area contributed by atoms with Gasteiger partial charge in [0.1, 0.15) is 17.5 Å². The van der Waals surface area contributed by atoms with Crippen LogP contribution in [0.25, 0.3) is 0 Å². The van der Waals surface area contributed by atoms with Gasteiger partial charge in [0.2, 0.25) is 0 Å². The Morgan fingerprint density at radius 2 is 2.00 bits per heavy atom. The Balaban J connectivity index is 2.08. The second-order valence-electron chi connectivity index (χ2n) is 5.54. The lowest BCUT2D eigenvalue weighted by Crippen LogP contribution is -2.36. The van der Waals surface area contributed by atoms with Crippen molar-refractivity contribution in [3.63, 3.8) is 0 Å². The first kappa shape index (κ1) is 13.9. The predicted octanol–water partition coefficient (Wildman–Crippen LogP) is 2.10. The molecule has 0 saturated heterocycles. The van der Waals surface area contributed by atoms with Crippen molar-refractivity contribution in [1.29, 1.82) is 5.26 Å². The Hall–Kier alpha value is -1.54. The summed E-state index contributed by atoms with van der Waals surface area (Å²) in [6.07, 6.45) is 6.23. The zero-order valence-corrected chi connectivity index (χ0v) is 11.7. The average molecular weight is 262 g/mol. The maximum Gasteiger partial charge on any atom is 0.142 e. The summed E-state index contributed by atoms with van der Waals surface area (Å²) in [4.78, 5) is 0. The molecule has 0 radical (unpaired) electrons. The second-order valence-corrected chi connectivity index (χ2v) is 5.54. The van der Waals surface area contributed by atoms with Crippen LogP contribution < -0.4 is 5.32 Å². The number of hydrogen-bond donors (Lipinski definition) is 2. The van der Waals surface area contributed by atoms with E-state index in [9.17, 15) is 5.11 Å². The molecule has 1 aromatic heterocycles. The first-order valence-corrected chi connectivity index (χ1v) is 6.96. The fraction of sp³-hybridized carbons (Fsp3) is 0.714. The SMILES string of the molecule is Cc1nn(C)c(NCC2(O)CCCCCC2)c1C#N. The Morgan fingerprint density at radius 3 is 2.58 bits per heavy atom. The zero-order chi connectivity index (χ0) is 13.9. The molecule has 1 aromatic rings. The van der Waals surface area contributed by atoms with Gasteiger partial charge in [-0.2, -0.15) is 10.4 Å². The maximum atomic E-state index is 10.6. The molecule has 1 aliphatic carbocycles. The quantitative estimate of drug-likeness (QED) is 0.818. The predicted molar refractivity (Wildman–Crippen MR) is 73.8 cm³/mol. The fourth-order valence-corrected chi connectivity index (χ4v) is 2.81. The molecule has 1 saturated carbocycles. The van der Waals surface area contributed by atoms with Gasteiger partial charge in [-0.1, -0.05) is 25.7 Å². The van der Waals surface area contributed by atoms with Gasteiger partial charge in [-0.3, -0.25) is 4.68 Å². The number of anilines is 1. The Bertz CT molecular complexity index is 478. The normalized spacial score (nSPS) is 18.6. The molecular formula is C14H22N4O. The van der Waals surface area contributed by atoms with Crippen molar-refractivity contribution in [2.45, 2.75) is 51.0 Å². The van der Waals surface area contributed by atoms with E-state index in [-0.39, 0.29) is 0 Å². The molecule has 2 N–H and O–H groups in total. The number of nitriles is 1. The Kier molecular flexibility index (Phi) is 4.11. The first-order valence-electron chi connectivity index (χ1n) is 6.96. The van der Waals surface area contributed by atoms with Crippen LogP contribution in [-0.4, -0.2) is 27.0 Å². The molecule has 5 nitrogen and oxygen atoms in total. The molecule has 2 rings (SSSR count). The highest BCUT2D eigenvalue weighted by Gasteiger charge is 2.28. The van der Waals surface area contributed by atoms with Gasteiger partial charge in [0.05, 0.1) is 11.3 Å². The molecule has 1 aliphatic rings. The van der Waals surface area contributed by atoms with Crippen molar-refractivity contribution >= 4 is 5.82 Å². The van der Waals surface area contributed by atoms with E-state index in [0.717, 1.165) is 31.4 Å². The number of hydrogen-bond acceptors (Lipinski definition) is 4. The van der Waals surface area contributed by atoms with Crippen molar-refractivity contribution in [2.24, 2.45) is 7.05 Å². The van der Waals surface area contributed by atoms with E-state index in [1.165, 1.54) is 12.8 Å². The van der Waals surface area contributed by atoms with Crippen LogP contribution in [0.2, 0.25) is 0 Å². The highest BCUT2D eigenvalue weighted by molar-refractivity contribution is 5.55. The van der Waals surface area contributed by atoms with Gasteiger partial charge in [0.15, 0.2) is 0 Å². The molecule has 0 spiro atoms. The lowest BCUT2D eigenvalue weighted by Gasteiger charge is -2.27. The number of nitrogens with zero attached hydrogens (tertiary/aromatic N) is 3. The van der Waals surface area contributed by atoms with E-state index in [1.807, 2.05) is 14.0 Å². The van der Waals surface area contributed by atoms with Crippen LogP contribution >= 0.6 is 0 Å². The summed E-state index contributed by atoms with van der Waals surface area (Å²) < 4.78 is 1.67. The van der Waals surface area contributed by atoms with Gasteiger partial charge in [0.25, 0.3) is 0 Å². The van der Waals surface area contributed by atoms with Gasteiger partial charge < -0.3 is 10.4 Å². The Morgan fingerprint density at radius 1 is 1.37 bits per heavy atom.